The van der Waals surface area contributed by atoms with Gasteiger partial charge in [0.1, 0.15) is 6.04 Å². The first-order valence-corrected chi connectivity index (χ1v) is 5.38. The highest BCUT2D eigenvalue weighted by atomic mass is 32.2. The molecule has 6 nitrogen and oxygen atoms in total. The lowest BCUT2D eigenvalue weighted by atomic mass is 10.4. The SMILES string of the molecule is COC(=O)C(C)NS(=O)(=O)C(C)C#N. The minimum absolute atomic E-state index is 0.696. The molecule has 80 valence electrons. The van der Waals surface area contributed by atoms with Gasteiger partial charge in [-0.1, -0.05) is 0 Å². The molecule has 14 heavy (non-hydrogen) atoms. The summed E-state index contributed by atoms with van der Waals surface area (Å²) in [5.41, 5.74) is 0. The Kier molecular flexibility index (Phi) is 4.53. The lowest BCUT2D eigenvalue weighted by molar-refractivity contribution is -0.142. The van der Waals surface area contributed by atoms with E-state index in [0.717, 1.165) is 7.11 Å². The third-order valence-corrected chi connectivity index (χ3v) is 3.26. The Bertz CT molecular complexity index is 343. The van der Waals surface area contributed by atoms with Crippen molar-refractivity contribution in [1.82, 2.24) is 4.72 Å². The summed E-state index contributed by atoms with van der Waals surface area (Å²) < 4.78 is 28.9. The minimum Gasteiger partial charge on any atom is -0.468 e. The molecule has 0 aromatic heterocycles. The number of sulfonamides is 1. The van der Waals surface area contributed by atoms with Gasteiger partial charge in [0.15, 0.2) is 5.25 Å². The van der Waals surface area contributed by atoms with Crippen molar-refractivity contribution < 1.29 is 17.9 Å². The van der Waals surface area contributed by atoms with Gasteiger partial charge in [0.25, 0.3) is 0 Å². The molecule has 0 spiro atoms. The van der Waals surface area contributed by atoms with Crippen molar-refractivity contribution in [2.45, 2.75) is 25.1 Å². The molecule has 0 bridgehead atoms. The number of ether oxygens (including phenoxy) is 1. The second-order valence-electron chi connectivity index (χ2n) is 2.68. The molecule has 0 saturated heterocycles. The number of nitrogens with one attached hydrogen (secondary N) is 1. The predicted molar refractivity (Wildman–Crippen MR) is 48.6 cm³/mol. The first-order valence-electron chi connectivity index (χ1n) is 3.83. The number of hydrogen-bond acceptors (Lipinski definition) is 5. The molecule has 0 amide bonds. The molecule has 7 heteroatoms. The van der Waals surface area contributed by atoms with E-state index in [2.05, 4.69) is 4.74 Å². The summed E-state index contributed by atoms with van der Waals surface area (Å²) in [4.78, 5) is 10.9. The van der Waals surface area contributed by atoms with E-state index < -0.39 is 27.3 Å². The van der Waals surface area contributed by atoms with Crippen LogP contribution in [0.2, 0.25) is 0 Å². The van der Waals surface area contributed by atoms with Crippen LogP contribution in [0.5, 0.6) is 0 Å². The highest BCUT2D eigenvalue weighted by Gasteiger charge is 2.25. The molecule has 0 aliphatic carbocycles. The van der Waals surface area contributed by atoms with Crippen molar-refractivity contribution in [3.05, 3.63) is 0 Å². The molecular weight excluding hydrogens is 208 g/mol. The molecule has 0 radical (unpaired) electrons. The van der Waals surface area contributed by atoms with Crippen LogP contribution < -0.4 is 4.72 Å². The number of hydrogen-bond donors (Lipinski definition) is 1. The van der Waals surface area contributed by atoms with Crippen molar-refractivity contribution in [2.24, 2.45) is 0 Å². The number of methoxy groups -OCH3 is 1. The fourth-order valence-electron chi connectivity index (χ4n) is 0.643. The predicted octanol–water partition coefficient (Wildman–Crippen LogP) is -0.621. The Labute approximate surface area is 82.9 Å². The van der Waals surface area contributed by atoms with Gasteiger partial charge in [-0.25, -0.2) is 13.1 Å². The average Bonchev–Trinajstić information content (AvgIpc) is 2.14. The Balaban J connectivity index is 4.55. The quantitative estimate of drug-likeness (QED) is 0.637. The number of nitrogens with zero attached hydrogens (tertiary/aromatic N) is 1. The average molecular weight is 220 g/mol. The van der Waals surface area contributed by atoms with Gasteiger partial charge >= 0.3 is 5.97 Å². The van der Waals surface area contributed by atoms with Crippen LogP contribution in [-0.4, -0.2) is 32.8 Å². The first kappa shape index (κ1) is 12.9. The van der Waals surface area contributed by atoms with E-state index in [-0.39, 0.29) is 0 Å². The van der Waals surface area contributed by atoms with E-state index >= 15 is 0 Å². The number of esters is 1. The maximum atomic E-state index is 11.3. The summed E-state index contributed by atoms with van der Waals surface area (Å²) in [7, 11) is -2.62. The number of carbonyl (C=O) groups excluding carboxylic acids is 1. The summed E-state index contributed by atoms with van der Waals surface area (Å²) >= 11 is 0. The Hall–Kier alpha value is -1.13. The van der Waals surface area contributed by atoms with Crippen LogP contribution >= 0.6 is 0 Å². The van der Waals surface area contributed by atoms with Gasteiger partial charge in [-0.2, -0.15) is 5.26 Å². The summed E-state index contributed by atoms with van der Waals surface area (Å²) in [5, 5.41) is 7.19. The fraction of sp³-hybridized carbons (Fsp3) is 0.714. The molecule has 0 saturated carbocycles. The van der Waals surface area contributed by atoms with Gasteiger partial charge in [0.2, 0.25) is 10.0 Å². The zero-order valence-corrected chi connectivity index (χ0v) is 8.96. The normalized spacial score (nSPS) is 15.3. The standard InChI is InChI=1S/C7H12N2O4S/c1-5(4-8)14(11,12)9-6(2)7(10)13-3/h5-6,9H,1-3H3. The zero-order valence-electron chi connectivity index (χ0n) is 8.14. The summed E-state index contributed by atoms with van der Waals surface area (Å²) in [5.74, 6) is -0.696. The molecule has 0 aliphatic rings. The van der Waals surface area contributed by atoms with E-state index in [4.69, 9.17) is 5.26 Å². The zero-order chi connectivity index (χ0) is 11.4. The molecule has 0 aliphatic heterocycles. The topological polar surface area (TPSA) is 96.3 Å². The van der Waals surface area contributed by atoms with Crippen LogP contribution in [0, 0.1) is 11.3 Å². The van der Waals surface area contributed by atoms with Crippen LogP contribution in [0.25, 0.3) is 0 Å². The number of rotatable bonds is 4. The van der Waals surface area contributed by atoms with Crippen molar-refractivity contribution in [3.63, 3.8) is 0 Å². The van der Waals surface area contributed by atoms with Crippen LogP contribution in [0.4, 0.5) is 0 Å². The minimum atomic E-state index is -3.78. The Morgan fingerprint density at radius 1 is 1.50 bits per heavy atom. The van der Waals surface area contributed by atoms with E-state index in [1.54, 1.807) is 6.07 Å². The maximum absolute atomic E-state index is 11.3. The second-order valence-corrected chi connectivity index (χ2v) is 4.71. The molecule has 1 N–H and O–H groups in total. The third kappa shape index (κ3) is 3.32. The third-order valence-electron chi connectivity index (χ3n) is 1.54. The molecule has 2 unspecified atom stereocenters. The van der Waals surface area contributed by atoms with Gasteiger partial charge in [0.05, 0.1) is 13.2 Å². The molecular formula is C7H12N2O4S. The van der Waals surface area contributed by atoms with Crippen LogP contribution in [-0.2, 0) is 19.6 Å². The molecule has 2 atom stereocenters. The van der Waals surface area contributed by atoms with E-state index in [1.807, 2.05) is 4.72 Å². The van der Waals surface area contributed by atoms with Gasteiger partial charge in [-0.05, 0) is 13.8 Å². The van der Waals surface area contributed by atoms with Crippen molar-refractivity contribution in [2.75, 3.05) is 7.11 Å². The largest absolute Gasteiger partial charge is 0.468 e. The van der Waals surface area contributed by atoms with Gasteiger partial charge in [0, 0.05) is 0 Å². The number of carbonyl (C=O) groups is 1. The van der Waals surface area contributed by atoms with Crippen LogP contribution in [0.15, 0.2) is 0 Å². The number of nitriles is 1. The molecule has 0 aromatic rings. The lowest BCUT2D eigenvalue weighted by Crippen LogP contribution is -2.42. The van der Waals surface area contributed by atoms with E-state index in [1.165, 1.54) is 13.8 Å². The highest BCUT2D eigenvalue weighted by molar-refractivity contribution is 7.90. The van der Waals surface area contributed by atoms with Gasteiger partial charge in [-0.3, -0.25) is 4.79 Å². The molecule has 0 rings (SSSR count). The fourth-order valence-corrected chi connectivity index (χ4v) is 1.57. The van der Waals surface area contributed by atoms with Crippen molar-refractivity contribution in [3.8, 4) is 6.07 Å². The Morgan fingerprint density at radius 3 is 2.36 bits per heavy atom. The van der Waals surface area contributed by atoms with Gasteiger partial charge < -0.3 is 4.74 Å². The second kappa shape index (κ2) is 4.93. The van der Waals surface area contributed by atoms with Crippen molar-refractivity contribution >= 4 is 16.0 Å². The Morgan fingerprint density at radius 2 is 2.00 bits per heavy atom. The molecule has 0 aromatic carbocycles. The first-order chi connectivity index (χ1) is 6.35. The van der Waals surface area contributed by atoms with Crippen LogP contribution in [0.3, 0.4) is 0 Å². The summed E-state index contributed by atoms with van der Waals surface area (Å²) in [6.07, 6.45) is 0. The lowest BCUT2D eigenvalue weighted by Gasteiger charge is -2.12. The van der Waals surface area contributed by atoms with Crippen LogP contribution in [0.1, 0.15) is 13.8 Å². The maximum Gasteiger partial charge on any atom is 0.323 e. The van der Waals surface area contributed by atoms with E-state index in [0.29, 0.717) is 0 Å². The summed E-state index contributed by atoms with van der Waals surface area (Å²) in [6, 6.07) is 0.580. The highest BCUT2D eigenvalue weighted by Crippen LogP contribution is 1.99. The monoisotopic (exact) mass is 220 g/mol. The van der Waals surface area contributed by atoms with Gasteiger partial charge in [-0.15, -0.1) is 0 Å². The molecule has 0 fully saturated rings. The molecule has 0 heterocycles. The van der Waals surface area contributed by atoms with E-state index in [9.17, 15) is 13.2 Å². The smallest absolute Gasteiger partial charge is 0.323 e. The van der Waals surface area contributed by atoms with Crippen molar-refractivity contribution in [1.29, 1.82) is 5.26 Å². The summed E-state index contributed by atoms with van der Waals surface area (Å²) in [6.45, 7) is 2.57.